The van der Waals surface area contributed by atoms with Crippen LogP contribution in [0.25, 0.3) is 5.69 Å². The summed E-state index contributed by atoms with van der Waals surface area (Å²) in [5.74, 6) is -0.745. The van der Waals surface area contributed by atoms with Crippen LogP contribution in [0.3, 0.4) is 0 Å². The highest BCUT2D eigenvalue weighted by atomic mass is 19.1. The first-order chi connectivity index (χ1) is 13.5. The Morgan fingerprint density at radius 1 is 1.25 bits per heavy atom. The molecule has 0 spiro atoms. The number of halogens is 2. The molecule has 1 aromatic carbocycles. The van der Waals surface area contributed by atoms with Crippen molar-refractivity contribution < 1.29 is 8.78 Å². The molecule has 3 heterocycles. The van der Waals surface area contributed by atoms with E-state index in [-0.39, 0.29) is 23.4 Å². The van der Waals surface area contributed by atoms with Crippen molar-refractivity contribution in [1.29, 1.82) is 0 Å². The Labute approximate surface area is 160 Å². The van der Waals surface area contributed by atoms with E-state index in [4.69, 9.17) is 0 Å². The van der Waals surface area contributed by atoms with Gasteiger partial charge in [0.05, 0.1) is 17.9 Å². The van der Waals surface area contributed by atoms with Crippen LogP contribution < -0.4 is 16.0 Å². The number of hydrogen-bond donors (Lipinski definition) is 3. The Morgan fingerprint density at radius 2 is 2.11 bits per heavy atom. The fraction of sp³-hybridized carbons (Fsp3) is 0.333. The van der Waals surface area contributed by atoms with E-state index in [1.54, 1.807) is 26.2 Å². The molecule has 1 unspecified atom stereocenters. The average molecular weight is 386 g/mol. The SMILES string of the molecule is CNc1cc(C)nc(Nc2ccc(F)c(-n3cc(C4CCCN4)nn3)c2F)n1. The lowest BCUT2D eigenvalue weighted by molar-refractivity contribution is 0.558. The molecule has 28 heavy (non-hydrogen) atoms. The van der Waals surface area contributed by atoms with E-state index in [0.29, 0.717) is 17.2 Å². The number of benzene rings is 1. The first kappa shape index (κ1) is 18.2. The lowest BCUT2D eigenvalue weighted by Gasteiger charge is -2.12. The van der Waals surface area contributed by atoms with Gasteiger partial charge in [-0.2, -0.15) is 4.98 Å². The molecule has 3 aromatic rings. The van der Waals surface area contributed by atoms with E-state index in [0.717, 1.165) is 24.1 Å². The van der Waals surface area contributed by atoms with Crippen molar-refractivity contribution in [3.63, 3.8) is 0 Å². The van der Waals surface area contributed by atoms with Crippen LogP contribution in [0.15, 0.2) is 24.4 Å². The van der Waals surface area contributed by atoms with Gasteiger partial charge in [0.15, 0.2) is 11.6 Å². The van der Waals surface area contributed by atoms with Crippen LogP contribution >= 0.6 is 0 Å². The maximum Gasteiger partial charge on any atom is 0.229 e. The van der Waals surface area contributed by atoms with Crippen LogP contribution in [0.2, 0.25) is 0 Å². The Hall–Kier alpha value is -3.14. The number of aromatic nitrogens is 5. The van der Waals surface area contributed by atoms with Crippen LogP contribution in [0, 0.1) is 18.6 Å². The van der Waals surface area contributed by atoms with Crippen molar-refractivity contribution in [1.82, 2.24) is 30.3 Å². The molecule has 0 amide bonds. The summed E-state index contributed by atoms with van der Waals surface area (Å²) < 4.78 is 30.6. The Morgan fingerprint density at radius 3 is 2.86 bits per heavy atom. The summed E-state index contributed by atoms with van der Waals surface area (Å²) >= 11 is 0. The molecule has 0 aliphatic carbocycles. The van der Waals surface area contributed by atoms with Gasteiger partial charge >= 0.3 is 0 Å². The van der Waals surface area contributed by atoms with Crippen molar-refractivity contribution >= 4 is 17.5 Å². The Kier molecular flexibility index (Phi) is 4.86. The molecule has 0 saturated carbocycles. The van der Waals surface area contributed by atoms with Gasteiger partial charge in [0.2, 0.25) is 5.95 Å². The monoisotopic (exact) mass is 386 g/mol. The topological polar surface area (TPSA) is 92.6 Å². The van der Waals surface area contributed by atoms with E-state index in [2.05, 4.69) is 36.2 Å². The summed E-state index contributed by atoms with van der Waals surface area (Å²) in [5.41, 5.74) is 1.10. The molecule has 2 aromatic heterocycles. The number of nitrogens with one attached hydrogen (secondary N) is 3. The number of hydrogen-bond acceptors (Lipinski definition) is 7. The summed E-state index contributed by atoms with van der Waals surface area (Å²) in [7, 11) is 1.73. The number of rotatable bonds is 5. The minimum absolute atomic E-state index is 0.0418. The van der Waals surface area contributed by atoms with Gasteiger partial charge in [-0.15, -0.1) is 5.10 Å². The first-order valence-electron chi connectivity index (χ1n) is 8.99. The minimum atomic E-state index is -0.799. The predicted molar refractivity (Wildman–Crippen MR) is 101 cm³/mol. The van der Waals surface area contributed by atoms with E-state index in [1.807, 2.05) is 0 Å². The zero-order valence-corrected chi connectivity index (χ0v) is 15.5. The van der Waals surface area contributed by atoms with Crippen molar-refractivity contribution in [3.05, 3.63) is 47.4 Å². The Bertz CT molecular complexity index is 997. The molecule has 3 N–H and O–H groups in total. The summed E-state index contributed by atoms with van der Waals surface area (Å²) in [5, 5.41) is 17.0. The van der Waals surface area contributed by atoms with E-state index < -0.39 is 11.6 Å². The first-order valence-corrected chi connectivity index (χ1v) is 8.99. The lowest BCUT2D eigenvalue weighted by Crippen LogP contribution is -2.13. The largest absolute Gasteiger partial charge is 0.373 e. The van der Waals surface area contributed by atoms with Crippen molar-refractivity contribution in [3.8, 4) is 5.69 Å². The third kappa shape index (κ3) is 3.50. The fourth-order valence-electron chi connectivity index (χ4n) is 3.20. The van der Waals surface area contributed by atoms with Gasteiger partial charge in [-0.1, -0.05) is 5.21 Å². The van der Waals surface area contributed by atoms with Crippen LogP contribution in [0.1, 0.15) is 30.3 Å². The molecule has 146 valence electrons. The molecule has 1 aliphatic heterocycles. The molecular weight excluding hydrogens is 366 g/mol. The highest BCUT2D eigenvalue weighted by molar-refractivity contribution is 5.60. The van der Waals surface area contributed by atoms with Gasteiger partial charge in [0.25, 0.3) is 0 Å². The molecule has 1 atom stereocenters. The van der Waals surface area contributed by atoms with Gasteiger partial charge in [0.1, 0.15) is 17.2 Å². The summed E-state index contributed by atoms with van der Waals surface area (Å²) in [4.78, 5) is 8.47. The van der Waals surface area contributed by atoms with Crippen molar-refractivity contribution in [2.24, 2.45) is 0 Å². The molecule has 8 nitrogen and oxygen atoms in total. The molecule has 1 fully saturated rings. The van der Waals surface area contributed by atoms with E-state index >= 15 is 4.39 Å². The van der Waals surface area contributed by atoms with Gasteiger partial charge < -0.3 is 16.0 Å². The van der Waals surface area contributed by atoms with Crippen molar-refractivity contribution in [2.75, 3.05) is 24.2 Å². The quantitative estimate of drug-likeness (QED) is 0.621. The second-order valence-corrected chi connectivity index (χ2v) is 6.59. The zero-order valence-electron chi connectivity index (χ0n) is 15.5. The number of nitrogens with zero attached hydrogens (tertiary/aromatic N) is 5. The standard InChI is InChI=1S/C18H20F2N8/c1-10-8-15(21-2)25-18(23-10)24-13-6-5-11(19)17(16(13)20)28-9-14(26-27-28)12-4-3-7-22-12/h5-6,8-9,12,22H,3-4,7H2,1-2H3,(H2,21,23,24,25). The van der Waals surface area contributed by atoms with Crippen LogP contribution in [0.4, 0.5) is 26.2 Å². The number of anilines is 3. The normalized spacial score (nSPS) is 16.4. The third-order valence-electron chi connectivity index (χ3n) is 4.58. The Balaban J connectivity index is 1.67. The van der Waals surface area contributed by atoms with Crippen LogP contribution in [-0.4, -0.2) is 38.6 Å². The maximum atomic E-state index is 15.1. The molecule has 10 heteroatoms. The van der Waals surface area contributed by atoms with Crippen molar-refractivity contribution in [2.45, 2.75) is 25.8 Å². The van der Waals surface area contributed by atoms with Crippen LogP contribution in [0.5, 0.6) is 0 Å². The second kappa shape index (κ2) is 7.47. The van der Waals surface area contributed by atoms with Gasteiger partial charge in [0, 0.05) is 18.8 Å². The highest BCUT2D eigenvalue weighted by Gasteiger charge is 2.22. The van der Waals surface area contributed by atoms with Gasteiger partial charge in [-0.3, -0.25) is 0 Å². The molecule has 0 radical (unpaired) electrons. The van der Waals surface area contributed by atoms with Gasteiger partial charge in [-0.25, -0.2) is 18.4 Å². The molecule has 1 aliphatic rings. The summed E-state index contributed by atoms with van der Waals surface area (Å²) in [6.07, 6.45) is 3.50. The minimum Gasteiger partial charge on any atom is -0.373 e. The molecular formula is C18H20F2N8. The zero-order chi connectivity index (χ0) is 19.7. The van der Waals surface area contributed by atoms with Crippen LogP contribution in [-0.2, 0) is 0 Å². The molecule has 4 rings (SSSR count). The van der Waals surface area contributed by atoms with E-state index in [1.165, 1.54) is 12.1 Å². The summed E-state index contributed by atoms with van der Waals surface area (Å²) in [6.45, 7) is 2.69. The second-order valence-electron chi connectivity index (χ2n) is 6.59. The third-order valence-corrected chi connectivity index (χ3v) is 4.58. The molecule has 1 saturated heterocycles. The van der Waals surface area contributed by atoms with E-state index in [9.17, 15) is 4.39 Å². The highest BCUT2D eigenvalue weighted by Crippen LogP contribution is 2.28. The average Bonchev–Trinajstić information content (AvgIpc) is 3.35. The fourth-order valence-corrected chi connectivity index (χ4v) is 3.20. The smallest absolute Gasteiger partial charge is 0.229 e. The molecule has 0 bridgehead atoms. The summed E-state index contributed by atoms with van der Waals surface area (Å²) in [6, 6.07) is 4.29. The predicted octanol–water partition coefficient (Wildman–Crippen LogP) is 2.85. The van der Waals surface area contributed by atoms with Gasteiger partial charge in [-0.05, 0) is 38.4 Å². The lowest BCUT2D eigenvalue weighted by atomic mass is 10.2. The number of aryl methyl sites for hydroxylation is 1. The maximum absolute atomic E-state index is 15.1.